The van der Waals surface area contributed by atoms with Crippen molar-refractivity contribution < 1.29 is 4.74 Å². The minimum absolute atomic E-state index is 0.169. The molecule has 0 fully saturated rings. The van der Waals surface area contributed by atoms with Crippen molar-refractivity contribution in [2.45, 2.75) is 38.3 Å². The zero-order valence-electron chi connectivity index (χ0n) is 12.5. The van der Waals surface area contributed by atoms with Gasteiger partial charge >= 0.3 is 0 Å². The van der Waals surface area contributed by atoms with E-state index in [0.29, 0.717) is 12.5 Å². The molecule has 1 atom stereocenters. The van der Waals surface area contributed by atoms with Crippen LogP contribution in [0.2, 0.25) is 0 Å². The summed E-state index contributed by atoms with van der Waals surface area (Å²) in [7, 11) is 1.74. The summed E-state index contributed by atoms with van der Waals surface area (Å²) in [5.74, 6) is 0.571. The number of methoxy groups -OCH3 is 1. The Labute approximate surface area is 129 Å². The molecule has 0 amide bonds. The van der Waals surface area contributed by atoms with Crippen LogP contribution in [0.5, 0.6) is 0 Å². The summed E-state index contributed by atoms with van der Waals surface area (Å²) in [5, 5.41) is 0. The molecule has 5 heteroatoms. The minimum Gasteiger partial charge on any atom is -0.379 e. The van der Waals surface area contributed by atoms with Gasteiger partial charge in [-0.3, -0.25) is 4.99 Å². The van der Waals surface area contributed by atoms with Crippen LogP contribution in [0.4, 0.5) is 5.69 Å². The lowest BCUT2D eigenvalue weighted by Crippen LogP contribution is -2.53. The number of nitrogens with two attached hydrogens (primary N) is 1. The second-order valence-electron chi connectivity index (χ2n) is 6.12. The lowest BCUT2D eigenvalue weighted by molar-refractivity contribution is 0.00152. The van der Waals surface area contributed by atoms with Crippen molar-refractivity contribution in [3.8, 4) is 0 Å². The molecule has 0 bridgehead atoms. The zero-order valence-corrected chi connectivity index (χ0v) is 14.1. The minimum atomic E-state index is -0.220. The van der Waals surface area contributed by atoms with E-state index in [2.05, 4.69) is 58.7 Å². The van der Waals surface area contributed by atoms with Crippen molar-refractivity contribution in [3.63, 3.8) is 0 Å². The van der Waals surface area contributed by atoms with Crippen molar-refractivity contribution in [2.24, 2.45) is 10.7 Å². The summed E-state index contributed by atoms with van der Waals surface area (Å²) in [6.07, 6.45) is 0.844. The van der Waals surface area contributed by atoms with Crippen LogP contribution in [0.25, 0.3) is 0 Å². The largest absolute Gasteiger partial charge is 0.379 e. The highest BCUT2D eigenvalue weighted by Gasteiger charge is 2.42. The first kappa shape index (κ1) is 15.3. The van der Waals surface area contributed by atoms with Gasteiger partial charge < -0.3 is 15.4 Å². The van der Waals surface area contributed by atoms with E-state index in [9.17, 15) is 0 Å². The molecular weight excluding hydrogens is 318 g/mol. The van der Waals surface area contributed by atoms with E-state index in [1.807, 2.05) is 12.1 Å². The molecule has 1 aliphatic rings. The quantitative estimate of drug-likeness (QED) is 0.916. The van der Waals surface area contributed by atoms with Gasteiger partial charge in [-0.05, 0) is 45.0 Å². The van der Waals surface area contributed by atoms with Crippen LogP contribution in [-0.2, 0) is 4.74 Å². The number of guanidine groups is 1. The summed E-state index contributed by atoms with van der Waals surface area (Å²) in [4.78, 5) is 6.55. The first-order valence-corrected chi connectivity index (χ1v) is 7.48. The number of anilines is 1. The van der Waals surface area contributed by atoms with Crippen LogP contribution < -0.4 is 10.6 Å². The van der Waals surface area contributed by atoms with E-state index in [4.69, 9.17) is 10.5 Å². The lowest BCUT2D eigenvalue weighted by atomic mass is 9.86. The van der Waals surface area contributed by atoms with Crippen LogP contribution >= 0.6 is 15.9 Å². The van der Waals surface area contributed by atoms with Gasteiger partial charge in [0.25, 0.3) is 0 Å². The molecule has 0 aliphatic carbocycles. The standard InChI is InChI=1S/C15H22BrN3O/c1-14(2,20-4)9-15(3)10-18-13(17)19(15)12-7-5-11(16)6-8-12/h5-8H,9-10H2,1-4H3,(H2,17,18). The number of nitrogens with zero attached hydrogens (tertiary/aromatic N) is 2. The Morgan fingerprint density at radius 2 is 2.00 bits per heavy atom. The lowest BCUT2D eigenvalue weighted by Gasteiger charge is -2.41. The molecule has 1 unspecified atom stereocenters. The van der Waals surface area contributed by atoms with Crippen LogP contribution in [0.3, 0.4) is 0 Å². The molecule has 2 N–H and O–H groups in total. The average Bonchev–Trinajstić information content (AvgIpc) is 2.66. The Morgan fingerprint density at radius 1 is 1.40 bits per heavy atom. The zero-order chi connectivity index (χ0) is 15.0. The topological polar surface area (TPSA) is 50.9 Å². The fourth-order valence-corrected chi connectivity index (χ4v) is 3.09. The van der Waals surface area contributed by atoms with Gasteiger partial charge in [0.05, 0.1) is 17.7 Å². The maximum atomic E-state index is 6.11. The van der Waals surface area contributed by atoms with E-state index >= 15 is 0 Å². The highest BCUT2D eigenvalue weighted by Crippen LogP contribution is 2.35. The second kappa shape index (κ2) is 5.37. The fourth-order valence-electron chi connectivity index (χ4n) is 2.83. The molecule has 2 rings (SSSR count). The van der Waals surface area contributed by atoms with Gasteiger partial charge in [-0.15, -0.1) is 0 Å². The Bertz CT molecular complexity index is 512. The van der Waals surface area contributed by atoms with Gasteiger partial charge in [0.2, 0.25) is 0 Å². The number of halogens is 1. The third-order valence-corrected chi connectivity index (χ3v) is 4.32. The third-order valence-electron chi connectivity index (χ3n) is 3.79. The number of hydrogen-bond donors (Lipinski definition) is 1. The van der Waals surface area contributed by atoms with Crippen molar-refractivity contribution in [3.05, 3.63) is 28.7 Å². The van der Waals surface area contributed by atoms with Crippen LogP contribution in [0.1, 0.15) is 27.2 Å². The van der Waals surface area contributed by atoms with Crippen molar-refractivity contribution in [2.75, 3.05) is 18.6 Å². The molecule has 4 nitrogen and oxygen atoms in total. The first-order valence-electron chi connectivity index (χ1n) is 6.68. The predicted molar refractivity (Wildman–Crippen MR) is 87.2 cm³/mol. The Morgan fingerprint density at radius 3 is 2.55 bits per heavy atom. The van der Waals surface area contributed by atoms with Crippen molar-refractivity contribution in [1.29, 1.82) is 0 Å². The normalized spacial score (nSPS) is 23.1. The molecule has 1 heterocycles. The SMILES string of the molecule is COC(C)(C)CC1(C)CN=C(N)N1c1ccc(Br)cc1. The number of ether oxygens (including phenoxy) is 1. The van der Waals surface area contributed by atoms with E-state index in [-0.39, 0.29) is 11.1 Å². The summed E-state index contributed by atoms with van der Waals surface area (Å²) >= 11 is 3.46. The highest BCUT2D eigenvalue weighted by molar-refractivity contribution is 9.10. The Kier molecular flexibility index (Phi) is 4.12. The summed E-state index contributed by atoms with van der Waals surface area (Å²) in [6.45, 7) is 7.04. The summed E-state index contributed by atoms with van der Waals surface area (Å²) in [5.41, 5.74) is 6.78. The second-order valence-corrected chi connectivity index (χ2v) is 7.04. The molecule has 0 saturated heterocycles. The summed E-state index contributed by atoms with van der Waals surface area (Å²) in [6, 6.07) is 8.14. The average molecular weight is 340 g/mol. The smallest absolute Gasteiger partial charge is 0.196 e. The number of hydrogen-bond acceptors (Lipinski definition) is 4. The van der Waals surface area contributed by atoms with E-state index in [0.717, 1.165) is 16.6 Å². The molecule has 0 aromatic heterocycles. The maximum Gasteiger partial charge on any atom is 0.196 e. The maximum absolute atomic E-state index is 6.11. The first-order chi connectivity index (χ1) is 9.27. The van der Waals surface area contributed by atoms with Crippen LogP contribution in [0.15, 0.2) is 33.7 Å². The highest BCUT2D eigenvalue weighted by atomic mass is 79.9. The molecule has 20 heavy (non-hydrogen) atoms. The third kappa shape index (κ3) is 2.99. The number of benzene rings is 1. The van der Waals surface area contributed by atoms with Gasteiger partial charge in [-0.1, -0.05) is 15.9 Å². The molecule has 1 aromatic carbocycles. The Balaban J connectivity index is 2.32. The molecule has 1 aliphatic heterocycles. The van der Waals surface area contributed by atoms with Crippen LogP contribution in [-0.4, -0.2) is 30.8 Å². The van der Waals surface area contributed by atoms with E-state index in [1.54, 1.807) is 7.11 Å². The monoisotopic (exact) mass is 339 g/mol. The molecule has 0 spiro atoms. The number of aliphatic imine (C=N–C) groups is 1. The van der Waals surface area contributed by atoms with Gasteiger partial charge in [0.1, 0.15) is 0 Å². The van der Waals surface area contributed by atoms with Crippen molar-refractivity contribution in [1.82, 2.24) is 0 Å². The van der Waals surface area contributed by atoms with Crippen molar-refractivity contribution >= 4 is 27.6 Å². The number of rotatable bonds is 4. The van der Waals surface area contributed by atoms with Gasteiger partial charge in [-0.2, -0.15) is 0 Å². The van der Waals surface area contributed by atoms with Gasteiger partial charge in [0, 0.05) is 23.7 Å². The Hall–Kier alpha value is -1.07. The predicted octanol–water partition coefficient (Wildman–Crippen LogP) is 3.16. The van der Waals surface area contributed by atoms with Crippen LogP contribution in [0, 0.1) is 0 Å². The summed E-state index contributed by atoms with van der Waals surface area (Å²) < 4.78 is 6.63. The fraction of sp³-hybridized carbons (Fsp3) is 0.533. The molecule has 0 saturated carbocycles. The molecule has 110 valence electrons. The van der Waals surface area contributed by atoms with Gasteiger partial charge in [-0.25, -0.2) is 0 Å². The van der Waals surface area contributed by atoms with E-state index in [1.165, 1.54) is 0 Å². The van der Waals surface area contributed by atoms with Gasteiger partial charge in [0.15, 0.2) is 5.96 Å². The molecule has 0 radical (unpaired) electrons. The molecular formula is C15H22BrN3O. The molecule has 1 aromatic rings. The van der Waals surface area contributed by atoms with E-state index < -0.39 is 0 Å².